The summed E-state index contributed by atoms with van der Waals surface area (Å²) >= 11 is 0. The molecule has 0 bridgehead atoms. The second kappa shape index (κ2) is 22.4. The Kier molecular flexibility index (Phi) is 16.6. The highest BCUT2D eigenvalue weighted by atomic mass is 16.6. The number of phenols is 1. The first-order valence-corrected chi connectivity index (χ1v) is 25.7. The van der Waals surface area contributed by atoms with E-state index in [-0.39, 0.29) is 54.4 Å². The maximum absolute atomic E-state index is 14.1. The third-order valence-electron chi connectivity index (χ3n) is 14.8. The molecule has 0 unspecified atom stereocenters. The van der Waals surface area contributed by atoms with Crippen LogP contribution in [0.1, 0.15) is 188 Å². The Morgan fingerprint density at radius 1 is 0.797 bits per heavy atom. The number of aromatic nitrogens is 2. The van der Waals surface area contributed by atoms with Gasteiger partial charge in [0.1, 0.15) is 23.9 Å². The average Bonchev–Trinajstić information content (AvgIpc) is 3.71. The normalized spacial score (nSPS) is 17.9. The molecule has 0 amide bonds. The van der Waals surface area contributed by atoms with E-state index in [0.717, 1.165) is 46.9 Å². The summed E-state index contributed by atoms with van der Waals surface area (Å²) in [7, 11) is 0. The summed E-state index contributed by atoms with van der Waals surface area (Å²) in [6, 6.07) is 6.66. The predicted molar refractivity (Wildman–Crippen MR) is 264 cm³/mol. The third kappa shape index (κ3) is 10.7. The van der Waals surface area contributed by atoms with E-state index in [9.17, 15) is 29.1 Å². The van der Waals surface area contributed by atoms with Gasteiger partial charge in [0.15, 0.2) is 0 Å². The monoisotopic (exact) mass is 949 g/mol. The van der Waals surface area contributed by atoms with Crippen LogP contribution in [-0.2, 0) is 65.0 Å². The highest BCUT2D eigenvalue weighted by Gasteiger charge is 2.50. The van der Waals surface area contributed by atoms with Crippen molar-refractivity contribution in [1.29, 1.82) is 0 Å². The summed E-state index contributed by atoms with van der Waals surface area (Å²) in [5, 5.41) is 11.0. The van der Waals surface area contributed by atoms with Crippen LogP contribution in [0.5, 0.6) is 17.2 Å². The first kappa shape index (κ1) is 51.1. The van der Waals surface area contributed by atoms with Crippen molar-refractivity contribution in [2.45, 2.75) is 201 Å². The van der Waals surface area contributed by atoms with Crippen LogP contribution in [0.2, 0.25) is 0 Å². The number of unbranched alkanes of at least 4 members (excludes halogenated alkanes) is 13. The number of nitrogens with zero attached hydrogens (tertiary/aromatic N) is 2. The number of benzene rings is 2. The van der Waals surface area contributed by atoms with Gasteiger partial charge in [0.25, 0.3) is 5.56 Å². The highest BCUT2D eigenvalue weighted by Crippen LogP contribution is 2.45. The molecular weight excluding hydrogens is 877 g/mol. The molecule has 0 fully saturated rings. The molecule has 0 radical (unpaired) electrons. The van der Waals surface area contributed by atoms with Gasteiger partial charge >= 0.3 is 23.9 Å². The van der Waals surface area contributed by atoms with Gasteiger partial charge in [-0.25, -0.2) is 14.6 Å². The second-order valence-corrected chi connectivity index (χ2v) is 19.6. The summed E-state index contributed by atoms with van der Waals surface area (Å²) in [6.07, 6.45) is 18.3. The molecule has 13 heteroatoms. The summed E-state index contributed by atoms with van der Waals surface area (Å²) in [5.41, 5.74) is 3.45. The van der Waals surface area contributed by atoms with Crippen molar-refractivity contribution in [3.8, 4) is 28.6 Å². The number of aryl methyl sites for hydroxylation is 1. The molecule has 4 aromatic rings. The van der Waals surface area contributed by atoms with E-state index in [4.69, 9.17) is 28.7 Å². The van der Waals surface area contributed by atoms with Crippen LogP contribution in [-0.4, -0.2) is 50.7 Å². The SMILES string of the molecule is CCCCCCCCCCCCCCCCOC(=O)[C@@]1(C)CCc2c(C)c(OC(=O)CCC(=O)O[C@]3(CC)C(=O)OCc4c3cc3n(c4=O)Cc4c-3nc3ccc(O)cc3c4CC)c(C)c(C)c2O1. The number of hydrogen-bond acceptors (Lipinski definition) is 12. The maximum atomic E-state index is 14.1. The zero-order valence-electron chi connectivity index (χ0n) is 42.0. The van der Waals surface area contributed by atoms with Crippen molar-refractivity contribution in [2.24, 2.45) is 0 Å². The summed E-state index contributed by atoms with van der Waals surface area (Å²) < 4.78 is 31.2. The van der Waals surface area contributed by atoms with Crippen molar-refractivity contribution in [3.05, 3.63) is 79.1 Å². The average molecular weight is 949 g/mol. The molecule has 0 saturated heterocycles. The molecule has 0 spiro atoms. The Morgan fingerprint density at radius 3 is 2.10 bits per heavy atom. The molecule has 2 aromatic carbocycles. The number of fused-ring (bicyclic) bond motifs is 6. The van der Waals surface area contributed by atoms with E-state index in [1.54, 1.807) is 42.7 Å². The number of ether oxygens (including phenoxy) is 5. The van der Waals surface area contributed by atoms with Gasteiger partial charge in [-0.1, -0.05) is 104 Å². The van der Waals surface area contributed by atoms with E-state index in [0.29, 0.717) is 65.4 Å². The fourth-order valence-corrected chi connectivity index (χ4v) is 10.5. The smallest absolute Gasteiger partial charge is 0.355 e. The Labute approximate surface area is 406 Å². The Morgan fingerprint density at radius 2 is 1.45 bits per heavy atom. The molecule has 5 heterocycles. The lowest BCUT2D eigenvalue weighted by molar-refractivity contribution is -0.189. The number of carbonyl (C=O) groups excluding carboxylic acids is 4. The van der Waals surface area contributed by atoms with Crippen molar-refractivity contribution < 1.29 is 48.0 Å². The van der Waals surface area contributed by atoms with E-state index in [2.05, 4.69) is 6.92 Å². The first-order chi connectivity index (χ1) is 33.2. The molecule has 0 aliphatic carbocycles. The molecule has 7 rings (SSSR count). The fraction of sp³-hybridized carbons (Fsp3) is 0.571. The fourth-order valence-electron chi connectivity index (χ4n) is 10.5. The highest BCUT2D eigenvalue weighted by molar-refractivity contribution is 5.91. The molecule has 0 saturated carbocycles. The standard InChI is InChI=1S/C56H72N2O11/c1-8-11-12-13-14-15-16-17-18-19-20-21-22-23-30-65-53(63)55(7)29-28-40-37(6)50(35(4)36(5)51(40)69-55)67-47(60)26-27-48(61)68-56(10-3)44-32-46-49-42(33-58(46)52(62)43(44)34-66-54(56)64)39(9-2)41-31-38(59)24-25-45(41)57-49/h24-25,31-32,59H,8-23,26-30,33-34H2,1-7H3/t55-,56+/m1/s1. The zero-order valence-corrected chi connectivity index (χ0v) is 42.0. The Bertz CT molecular complexity index is 2650. The molecule has 3 aliphatic heterocycles. The first-order valence-electron chi connectivity index (χ1n) is 25.7. The largest absolute Gasteiger partial charge is 0.508 e. The van der Waals surface area contributed by atoms with Gasteiger partial charge in [0.05, 0.1) is 48.5 Å². The number of aromatic hydroxyl groups is 1. The second-order valence-electron chi connectivity index (χ2n) is 19.6. The maximum Gasteiger partial charge on any atom is 0.355 e. The van der Waals surface area contributed by atoms with Crippen LogP contribution >= 0.6 is 0 Å². The van der Waals surface area contributed by atoms with Crippen molar-refractivity contribution in [1.82, 2.24) is 9.55 Å². The molecule has 69 heavy (non-hydrogen) atoms. The Balaban J connectivity index is 0.930. The van der Waals surface area contributed by atoms with Gasteiger partial charge < -0.3 is 33.4 Å². The minimum absolute atomic E-state index is 0.0272. The van der Waals surface area contributed by atoms with Gasteiger partial charge in [-0.2, -0.15) is 0 Å². The van der Waals surface area contributed by atoms with Crippen LogP contribution in [0.15, 0.2) is 29.1 Å². The number of esters is 4. The van der Waals surface area contributed by atoms with Gasteiger partial charge in [-0.15, -0.1) is 0 Å². The molecule has 13 nitrogen and oxygen atoms in total. The lowest BCUT2D eigenvalue weighted by Gasteiger charge is -2.36. The number of rotatable bonds is 23. The minimum atomic E-state index is -1.93. The van der Waals surface area contributed by atoms with Gasteiger partial charge in [0.2, 0.25) is 11.2 Å². The van der Waals surface area contributed by atoms with Crippen LogP contribution in [0.25, 0.3) is 22.3 Å². The van der Waals surface area contributed by atoms with E-state index >= 15 is 0 Å². The van der Waals surface area contributed by atoms with E-state index in [1.165, 1.54) is 70.6 Å². The summed E-state index contributed by atoms with van der Waals surface area (Å²) in [4.78, 5) is 73.2. The minimum Gasteiger partial charge on any atom is -0.508 e. The van der Waals surface area contributed by atoms with Crippen molar-refractivity contribution in [2.75, 3.05) is 6.61 Å². The van der Waals surface area contributed by atoms with Gasteiger partial charge in [-0.05, 0) is 99.9 Å². The van der Waals surface area contributed by atoms with Crippen molar-refractivity contribution >= 4 is 34.8 Å². The molecule has 1 N–H and O–H groups in total. The number of cyclic esters (lactones) is 1. The Hall–Kier alpha value is -5.72. The van der Waals surface area contributed by atoms with E-state index < -0.39 is 35.5 Å². The summed E-state index contributed by atoms with van der Waals surface area (Å²) in [5.74, 6) is -1.63. The zero-order chi connectivity index (χ0) is 49.5. The predicted octanol–water partition coefficient (Wildman–Crippen LogP) is 11.3. The van der Waals surface area contributed by atoms with Crippen LogP contribution in [0.4, 0.5) is 0 Å². The van der Waals surface area contributed by atoms with Crippen LogP contribution in [0.3, 0.4) is 0 Å². The van der Waals surface area contributed by atoms with E-state index in [1.807, 2.05) is 27.7 Å². The van der Waals surface area contributed by atoms with Crippen LogP contribution < -0.4 is 15.0 Å². The van der Waals surface area contributed by atoms with Crippen molar-refractivity contribution in [3.63, 3.8) is 0 Å². The number of carbonyl (C=O) groups is 4. The van der Waals surface area contributed by atoms with Gasteiger partial charge in [-0.3, -0.25) is 14.4 Å². The number of phenolic OH excluding ortho intramolecular Hbond substituents is 1. The molecular formula is C56H72N2O11. The molecule has 2 atom stereocenters. The third-order valence-corrected chi connectivity index (χ3v) is 14.8. The molecule has 372 valence electrons. The molecule has 2 aromatic heterocycles. The lowest BCUT2D eigenvalue weighted by atomic mass is 9.85. The lowest BCUT2D eigenvalue weighted by Crippen LogP contribution is -2.47. The van der Waals surface area contributed by atoms with Gasteiger partial charge in [0, 0.05) is 28.5 Å². The summed E-state index contributed by atoms with van der Waals surface area (Å²) in [6.45, 7) is 13.6. The topological polar surface area (TPSA) is 170 Å². The quantitative estimate of drug-likeness (QED) is 0.0285. The van der Waals surface area contributed by atoms with Crippen LogP contribution in [0, 0.1) is 20.8 Å². The molecule has 3 aliphatic rings. The number of pyridine rings is 2. The number of hydrogen-bond donors (Lipinski definition) is 1.